The van der Waals surface area contributed by atoms with Crippen LogP contribution in [-0.4, -0.2) is 21.2 Å². The van der Waals surface area contributed by atoms with E-state index < -0.39 is 0 Å². The zero-order chi connectivity index (χ0) is 8.15. The summed E-state index contributed by atoms with van der Waals surface area (Å²) >= 11 is 2.11. The Hall–Kier alpha value is 0.187. The zero-order valence-electron chi connectivity index (χ0n) is 5.20. The van der Waals surface area contributed by atoms with Crippen LogP contribution in [0.4, 0.5) is 0 Å². The minimum atomic E-state index is 0.194. The minimum absolute atomic E-state index is 0.194. The van der Waals surface area contributed by atoms with E-state index >= 15 is 0 Å². The number of nitrogens with zero attached hydrogens (tertiary/aromatic N) is 2. The summed E-state index contributed by atoms with van der Waals surface area (Å²) in [6.45, 7) is 1.80. The number of hydrogen-bond acceptors (Lipinski definition) is 3. The van der Waals surface area contributed by atoms with E-state index in [-0.39, 0.29) is 5.84 Å². The Morgan fingerprint density at radius 2 is 2.30 bits per heavy atom. The molecule has 0 heterocycles. The summed E-state index contributed by atoms with van der Waals surface area (Å²) < 4.78 is 4.50. The second-order valence-electron chi connectivity index (χ2n) is 1.44. The molecule has 54 valence electrons. The summed E-state index contributed by atoms with van der Waals surface area (Å²) in [5, 5.41) is 8.34. The van der Waals surface area contributed by atoms with Crippen molar-refractivity contribution in [3.8, 4) is 0 Å². The molecule has 0 saturated heterocycles. The molecule has 0 saturated carbocycles. The summed E-state index contributed by atoms with van der Waals surface area (Å²) in [6, 6.07) is 0. The van der Waals surface area contributed by atoms with Gasteiger partial charge >= 0.3 is 80.9 Å². The van der Waals surface area contributed by atoms with Crippen molar-refractivity contribution in [3.63, 3.8) is 0 Å². The summed E-state index contributed by atoms with van der Waals surface area (Å²) in [7, 11) is 0. The molecule has 0 unspecified atom stereocenters. The van der Waals surface area contributed by atoms with Gasteiger partial charge in [-0.1, -0.05) is 0 Å². The third-order valence-electron chi connectivity index (χ3n) is 0.750. The monoisotopic (exact) mass is 479 g/mol. The molecule has 0 aromatic heterocycles. The first-order chi connectivity index (χ1) is 4.63. The Kier molecular flexibility index (Phi) is 5.01. The van der Waals surface area contributed by atoms with Crippen molar-refractivity contribution in [1.29, 1.82) is 5.41 Å². The van der Waals surface area contributed by atoms with Crippen molar-refractivity contribution in [2.24, 2.45) is 3.60 Å². The van der Waals surface area contributed by atoms with Crippen LogP contribution in [-0.2, 0) is 43.8 Å². The average molecular weight is 479 g/mol. The zero-order valence-corrected chi connectivity index (χ0v) is 11.1. The Labute approximate surface area is 80.6 Å². The van der Waals surface area contributed by atoms with Crippen LogP contribution in [0.25, 0.3) is 0 Å². The standard InChI is InChI=1S/C4H5N3O.2W/c1-2-4(5)7(6)3-8;;/h3,5H,1H3;;. The first-order valence-electron chi connectivity index (χ1n) is 2.30. The molecular weight excluding hydrogens is 474 g/mol. The number of amides is 1. The number of carbonyl (C=O) groups excluding carboxylic acids is 1. The van der Waals surface area contributed by atoms with Gasteiger partial charge in [-0.05, 0) is 0 Å². The van der Waals surface area contributed by atoms with Gasteiger partial charge in [-0.2, -0.15) is 0 Å². The predicted molar refractivity (Wildman–Crippen MR) is 28.7 cm³/mol. The average Bonchev–Trinajstić information content (AvgIpc) is 1.90. The topological polar surface area (TPSA) is 56.5 Å². The van der Waals surface area contributed by atoms with Crippen molar-refractivity contribution in [2.75, 3.05) is 0 Å². The van der Waals surface area contributed by atoms with Gasteiger partial charge in [0, 0.05) is 0 Å². The second kappa shape index (κ2) is 4.92. The molecule has 0 aliphatic carbocycles. The number of hydrogen-bond donors (Lipinski definition) is 1. The van der Waals surface area contributed by atoms with Gasteiger partial charge in [0.05, 0.1) is 0 Å². The van der Waals surface area contributed by atoms with E-state index in [1.807, 2.05) is 0 Å². The third-order valence-corrected chi connectivity index (χ3v) is 2.08. The molecule has 0 aromatic carbocycles. The Balaban J connectivity index is 4.29. The van der Waals surface area contributed by atoms with Crippen LogP contribution in [0.5, 0.6) is 0 Å². The van der Waals surface area contributed by atoms with Gasteiger partial charge < -0.3 is 0 Å². The van der Waals surface area contributed by atoms with E-state index in [1.54, 1.807) is 6.92 Å². The van der Waals surface area contributed by atoms with Crippen LogP contribution < -0.4 is 0 Å². The van der Waals surface area contributed by atoms with Gasteiger partial charge in [0.15, 0.2) is 0 Å². The Bertz CT molecular complexity index is 183. The van der Waals surface area contributed by atoms with Gasteiger partial charge in [-0.15, -0.1) is 0 Å². The molecule has 10 heavy (non-hydrogen) atoms. The van der Waals surface area contributed by atoms with Crippen molar-refractivity contribution >= 4 is 16.1 Å². The molecule has 0 radical (unpaired) electrons. The Morgan fingerprint density at radius 3 is 2.40 bits per heavy atom. The van der Waals surface area contributed by atoms with Gasteiger partial charge in [-0.3, -0.25) is 0 Å². The molecule has 0 fully saturated rings. The molecule has 0 aromatic rings. The molecule has 0 rings (SSSR count). The van der Waals surface area contributed by atoms with Crippen LogP contribution >= 0.6 is 0 Å². The van der Waals surface area contributed by atoms with E-state index in [1.165, 1.54) is 19.4 Å². The molecular formula is C4H5N3OW2. The fraction of sp³-hybridized carbons (Fsp3) is 0.250. The van der Waals surface area contributed by atoms with E-state index in [2.05, 4.69) is 3.60 Å². The van der Waals surface area contributed by atoms with Crippen LogP contribution in [0.3, 0.4) is 0 Å². The Morgan fingerprint density at radius 1 is 1.80 bits per heavy atom. The van der Waals surface area contributed by atoms with Crippen LogP contribution in [0.2, 0.25) is 0 Å². The predicted octanol–water partition coefficient (Wildman–Crippen LogP) is -0.193. The number of nitrogens with one attached hydrogen (secondary N) is 1. The molecule has 0 aliphatic heterocycles. The number of rotatable bonds is 3. The van der Waals surface area contributed by atoms with Crippen molar-refractivity contribution in [2.45, 2.75) is 6.92 Å². The summed E-state index contributed by atoms with van der Waals surface area (Å²) in [4.78, 5) is 10.2. The molecule has 1 amide bonds. The SMILES string of the molecule is C[C](=[W])C(=N)N(C=O)[N]=[W]. The fourth-order valence-electron chi connectivity index (χ4n) is 0.274. The van der Waals surface area contributed by atoms with Crippen molar-refractivity contribution in [1.82, 2.24) is 5.01 Å². The van der Waals surface area contributed by atoms with Gasteiger partial charge in [-0.25, -0.2) is 0 Å². The summed E-state index contributed by atoms with van der Waals surface area (Å²) in [5.74, 6) is 0.194. The van der Waals surface area contributed by atoms with E-state index in [9.17, 15) is 4.79 Å². The normalized spacial score (nSPS) is 8.10. The van der Waals surface area contributed by atoms with Crippen molar-refractivity contribution in [3.05, 3.63) is 0 Å². The van der Waals surface area contributed by atoms with Gasteiger partial charge in [0.2, 0.25) is 0 Å². The molecule has 4 nitrogen and oxygen atoms in total. The molecule has 0 bridgehead atoms. The molecule has 1 N–H and O–H groups in total. The second-order valence-corrected chi connectivity index (χ2v) is 4.22. The fourth-order valence-corrected chi connectivity index (χ4v) is 1.04. The summed E-state index contributed by atoms with van der Waals surface area (Å²) in [5.41, 5.74) is 0. The van der Waals surface area contributed by atoms with E-state index in [4.69, 9.17) is 5.41 Å². The maximum absolute atomic E-state index is 10.2. The quantitative estimate of drug-likeness (QED) is 0.260. The third kappa shape index (κ3) is 2.85. The number of amidine groups is 1. The first-order valence-corrected chi connectivity index (χ1v) is 5.08. The summed E-state index contributed by atoms with van der Waals surface area (Å²) in [6.07, 6.45) is 0.543. The molecule has 6 heteroatoms. The number of carbonyl (C=O) groups is 1. The van der Waals surface area contributed by atoms with Crippen LogP contribution in [0.1, 0.15) is 6.92 Å². The first kappa shape index (κ1) is 10.2. The molecule has 0 spiro atoms. The van der Waals surface area contributed by atoms with Gasteiger partial charge in [0.1, 0.15) is 0 Å². The van der Waals surface area contributed by atoms with Gasteiger partial charge in [0.25, 0.3) is 0 Å². The van der Waals surface area contributed by atoms with E-state index in [0.717, 1.165) is 28.5 Å². The van der Waals surface area contributed by atoms with Crippen molar-refractivity contribution < 1.29 is 43.8 Å². The van der Waals surface area contributed by atoms with E-state index in [0.29, 0.717) is 6.41 Å². The van der Waals surface area contributed by atoms with Crippen LogP contribution in [0.15, 0.2) is 3.60 Å². The maximum atomic E-state index is 10.2. The molecule has 0 aliphatic rings. The molecule has 0 atom stereocenters. The van der Waals surface area contributed by atoms with Crippen LogP contribution in [0, 0.1) is 5.41 Å².